The number of hydrogen-bond acceptors (Lipinski definition) is 4. The van der Waals surface area contributed by atoms with E-state index in [0.29, 0.717) is 13.3 Å². The molecule has 1 saturated heterocycles. The molecule has 0 bridgehead atoms. The van der Waals surface area contributed by atoms with Gasteiger partial charge in [-0.3, -0.25) is 10.1 Å². The van der Waals surface area contributed by atoms with Crippen LogP contribution in [0.2, 0.25) is 0 Å². The number of nitrogens with one attached hydrogen (secondary N) is 1. The van der Waals surface area contributed by atoms with Gasteiger partial charge in [0, 0.05) is 0 Å². The number of rotatable bonds is 4. The Kier molecular flexibility index (Phi) is 3.32. The molecule has 0 amide bonds. The zero-order valence-electron chi connectivity index (χ0n) is 6.51. The molecule has 0 aromatic heterocycles. The van der Waals surface area contributed by atoms with Gasteiger partial charge in [0.25, 0.3) is 0 Å². The minimum Gasteiger partial charge on any atom is -0.449 e. The van der Waals surface area contributed by atoms with E-state index < -0.39 is 0 Å². The van der Waals surface area contributed by atoms with Crippen LogP contribution in [0, 0.1) is 0 Å². The molecule has 1 unspecified atom stereocenters. The van der Waals surface area contributed by atoms with Crippen molar-refractivity contribution in [2.45, 2.75) is 25.3 Å². The van der Waals surface area contributed by atoms with E-state index in [4.69, 9.17) is 10.5 Å². The minimum atomic E-state index is -0.123. The predicted molar refractivity (Wildman–Crippen MR) is 40.8 cm³/mol. The maximum absolute atomic E-state index is 10.9. The van der Waals surface area contributed by atoms with Crippen molar-refractivity contribution in [1.29, 1.82) is 0 Å². The number of carbonyl (C=O) groups is 1. The molecular weight excluding hydrogens is 144 g/mol. The fraction of sp³-hybridized carbons (Fsp3) is 0.857. The summed E-state index contributed by atoms with van der Waals surface area (Å²) >= 11 is 0. The highest BCUT2D eigenvalue weighted by molar-refractivity contribution is 5.77. The monoisotopic (exact) mass is 158 g/mol. The van der Waals surface area contributed by atoms with Crippen molar-refractivity contribution in [3.63, 3.8) is 0 Å². The van der Waals surface area contributed by atoms with E-state index >= 15 is 0 Å². The molecule has 64 valence electrons. The minimum absolute atomic E-state index is 0.0819. The van der Waals surface area contributed by atoms with Crippen molar-refractivity contribution in [2.24, 2.45) is 5.73 Å². The Labute approximate surface area is 66.1 Å². The maximum atomic E-state index is 10.9. The Balaban J connectivity index is 2.10. The topological polar surface area (TPSA) is 64.3 Å². The fourth-order valence-corrected chi connectivity index (χ4v) is 1.11. The lowest BCUT2D eigenvalue weighted by molar-refractivity contribution is -0.139. The molecule has 0 aromatic carbocycles. The number of nitrogens with two attached hydrogens (primary N) is 1. The van der Waals surface area contributed by atoms with Gasteiger partial charge in [-0.25, -0.2) is 0 Å². The SMILES string of the molecule is NCCCCC1NCOC1=O. The average Bonchev–Trinajstić information content (AvgIpc) is 2.37. The van der Waals surface area contributed by atoms with Crippen LogP contribution >= 0.6 is 0 Å². The fourth-order valence-electron chi connectivity index (χ4n) is 1.11. The molecule has 4 nitrogen and oxygen atoms in total. The molecule has 1 rings (SSSR count). The van der Waals surface area contributed by atoms with Crippen molar-refractivity contribution < 1.29 is 9.53 Å². The highest BCUT2D eigenvalue weighted by Crippen LogP contribution is 2.05. The third-order valence-electron chi connectivity index (χ3n) is 1.78. The van der Waals surface area contributed by atoms with Gasteiger partial charge in [-0.2, -0.15) is 0 Å². The first kappa shape index (κ1) is 8.49. The van der Waals surface area contributed by atoms with E-state index in [2.05, 4.69) is 5.32 Å². The lowest BCUT2D eigenvalue weighted by atomic mass is 10.1. The van der Waals surface area contributed by atoms with Crippen LogP contribution in [0.1, 0.15) is 19.3 Å². The molecule has 1 atom stereocenters. The predicted octanol–water partition coefficient (Wildman–Crippen LogP) is -0.412. The van der Waals surface area contributed by atoms with Crippen LogP contribution in [-0.2, 0) is 9.53 Å². The van der Waals surface area contributed by atoms with Crippen LogP contribution < -0.4 is 11.1 Å². The molecular formula is C7H14N2O2. The number of esters is 1. The number of hydrogen-bond donors (Lipinski definition) is 2. The van der Waals surface area contributed by atoms with Gasteiger partial charge < -0.3 is 10.5 Å². The molecule has 3 N–H and O–H groups in total. The number of unbranched alkanes of at least 4 members (excludes halogenated alkanes) is 1. The second-order valence-corrected chi connectivity index (χ2v) is 2.65. The van der Waals surface area contributed by atoms with E-state index in [1.807, 2.05) is 0 Å². The Morgan fingerprint density at radius 1 is 1.64 bits per heavy atom. The quantitative estimate of drug-likeness (QED) is 0.431. The summed E-state index contributed by atoms with van der Waals surface area (Å²) in [7, 11) is 0. The molecule has 4 heteroatoms. The van der Waals surface area contributed by atoms with Crippen LogP contribution in [0.3, 0.4) is 0 Å². The number of ether oxygens (including phenoxy) is 1. The molecule has 1 fully saturated rings. The number of carbonyl (C=O) groups excluding carboxylic acids is 1. The third kappa shape index (κ3) is 2.48. The summed E-state index contributed by atoms with van der Waals surface area (Å²) in [6.07, 6.45) is 2.81. The Morgan fingerprint density at radius 3 is 3.00 bits per heavy atom. The normalized spacial score (nSPS) is 23.7. The van der Waals surface area contributed by atoms with Gasteiger partial charge in [-0.1, -0.05) is 6.42 Å². The molecule has 0 aliphatic carbocycles. The second kappa shape index (κ2) is 4.31. The summed E-state index contributed by atoms with van der Waals surface area (Å²) in [4.78, 5) is 10.9. The summed E-state index contributed by atoms with van der Waals surface area (Å²) < 4.78 is 4.71. The zero-order valence-corrected chi connectivity index (χ0v) is 6.51. The first-order valence-corrected chi connectivity index (χ1v) is 3.94. The van der Waals surface area contributed by atoms with Crippen LogP contribution in [0.4, 0.5) is 0 Å². The lowest BCUT2D eigenvalue weighted by Gasteiger charge is -2.03. The second-order valence-electron chi connectivity index (χ2n) is 2.65. The molecule has 1 aliphatic rings. The zero-order chi connectivity index (χ0) is 8.10. The van der Waals surface area contributed by atoms with Crippen molar-refractivity contribution in [3.05, 3.63) is 0 Å². The van der Waals surface area contributed by atoms with Crippen LogP contribution in [0.15, 0.2) is 0 Å². The highest BCUT2D eigenvalue weighted by Gasteiger charge is 2.24. The van der Waals surface area contributed by atoms with Gasteiger partial charge in [-0.05, 0) is 19.4 Å². The Bertz CT molecular complexity index is 138. The summed E-state index contributed by atoms with van der Waals surface area (Å²) in [6.45, 7) is 1.06. The maximum Gasteiger partial charge on any atom is 0.324 e. The molecule has 0 aromatic rings. The van der Waals surface area contributed by atoms with E-state index in [-0.39, 0.29) is 12.0 Å². The first-order chi connectivity index (χ1) is 5.34. The summed E-state index contributed by atoms with van der Waals surface area (Å²) in [6, 6.07) is -0.0819. The first-order valence-electron chi connectivity index (χ1n) is 3.94. The molecule has 11 heavy (non-hydrogen) atoms. The Morgan fingerprint density at radius 2 is 2.45 bits per heavy atom. The van der Waals surface area contributed by atoms with E-state index in [1.165, 1.54) is 0 Å². The Hall–Kier alpha value is -0.610. The van der Waals surface area contributed by atoms with Crippen molar-refractivity contribution in [3.8, 4) is 0 Å². The molecule has 0 saturated carbocycles. The largest absolute Gasteiger partial charge is 0.449 e. The van der Waals surface area contributed by atoms with E-state index in [1.54, 1.807) is 0 Å². The molecule has 1 heterocycles. The van der Waals surface area contributed by atoms with Gasteiger partial charge in [0.15, 0.2) is 0 Å². The van der Waals surface area contributed by atoms with Crippen molar-refractivity contribution in [2.75, 3.05) is 13.3 Å². The lowest BCUT2D eigenvalue weighted by Crippen LogP contribution is -2.26. The van der Waals surface area contributed by atoms with Gasteiger partial charge in [0.1, 0.15) is 12.8 Å². The molecule has 1 aliphatic heterocycles. The highest BCUT2D eigenvalue weighted by atomic mass is 16.6. The smallest absolute Gasteiger partial charge is 0.324 e. The van der Waals surface area contributed by atoms with Crippen LogP contribution in [0.25, 0.3) is 0 Å². The summed E-state index contributed by atoms with van der Waals surface area (Å²) in [5.74, 6) is -0.123. The van der Waals surface area contributed by atoms with Gasteiger partial charge >= 0.3 is 5.97 Å². The average molecular weight is 158 g/mol. The third-order valence-corrected chi connectivity index (χ3v) is 1.78. The van der Waals surface area contributed by atoms with Crippen LogP contribution in [-0.4, -0.2) is 25.3 Å². The van der Waals surface area contributed by atoms with Gasteiger partial charge in [-0.15, -0.1) is 0 Å². The van der Waals surface area contributed by atoms with Crippen molar-refractivity contribution in [1.82, 2.24) is 5.32 Å². The summed E-state index contributed by atoms with van der Waals surface area (Å²) in [5, 5.41) is 2.95. The van der Waals surface area contributed by atoms with Crippen LogP contribution in [0.5, 0.6) is 0 Å². The molecule has 0 radical (unpaired) electrons. The van der Waals surface area contributed by atoms with Gasteiger partial charge in [0.05, 0.1) is 0 Å². The molecule has 0 spiro atoms. The van der Waals surface area contributed by atoms with E-state index in [9.17, 15) is 4.79 Å². The standard InChI is InChI=1S/C7H14N2O2/c8-4-2-1-3-6-7(10)11-5-9-6/h6,9H,1-5,8H2. The van der Waals surface area contributed by atoms with Gasteiger partial charge in [0.2, 0.25) is 0 Å². The van der Waals surface area contributed by atoms with Crippen molar-refractivity contribution >= 4 is 5.97 Å². The summed E-state index contributed by atoms with van der Waals surface area (Å²) in [5.41, 5.74) is 5.31. The van der Waals surface area contributed by atoms with E-state index in [0.717, 1.165) is 19.3 Å². The number of cyclic esters (lactones) is 1.